The van der Waals surface area contributed by atoms with Gasteiger partial charge in [0.1, 0.15) is 0 Å². The molecule has 0 bridgehead atoms. The summed E-state index contributed by atoms with van der Waals surface area (Å²) >= 11 is 0. The van der Waals surface area contributed by atoms with Gasteiger partial charge in [0.25, 0.3) is 6.43 Å². The van der Waals surface area contributed by atoms with Crippen molar-refractivity contribution >= 4 is 5.78 Å². The molecular weight excluding hydrogens is 126 g/mol. The van der Waals surface area contributed by atoms with E-state index in [1.807, 2.05) is 0 Å². The summed E-state index contributed by atoms with van der Waals surface area (Å²) in [5.74, 6) is -1.11. The predicted molar refractivity (Wildman–Crippen MR) is 30.4 cm³/mol. The van der Waals surface area contributed by atoms with Gasteiger partial charge >= 0.3 is 0 Å². The maximum absolute atomic E-state index is 11.4. The number of allylic oxidation sites excluding steroid dienone is 2. The molecule has 52 valence electrons. The van der Waals surface area contributed by atoms with Crippen molar-refractivity contribution < 1.29 is 13.6 Å². The lowest BCUT2D eigenvalue weighted by atomic mass is 10.3. The van der Waals surface area contributed by atoms with E-state index in [0.717, 1.165) is 6.08 Å². The second-order valence-corrected chi connectivity index (χ2v) is 1.51. The van der Waals surface area contributed by atoms with Gasteiger partial charge in [0, 0.05) is 0 Å². The Morgan fingerprint density at radius 1 is 1.67 bits per heavy atom. The number of hydrogen-bond acceptors (Lipinski definition) is 1. The molecule has 0 N–H and O–H groups in total. The Morgan fingerprint density at radius 3 is 2.56 bits per heavy atom. The number of rotatable bonds is 3. The molecule has 0 aromatic carbocycles. The average molecular weight is 134 g/mol. The van der Waals surface area contributed by atoms with Gasteiger partial charge in [-0.15, -0.1) is 0 Å². The second kappa shape index (κ2) is 4.18. The number of alkyl halides is 2. The van der Waals surface area contributed by atoms with Gasteiger partial charge in [0.05, 0.1) is 0 Å². The fourth-order valence-corrected chi connectivity index (χ4v) is 0.307. The molecule has 9 heavy (non-hydrogen) atoms. The largest absolute Gasteiger partial charge is 0.299 e. The van der Waals surface area contributed by atoms with Gasteiger partial charge in [-0.3, -0.25) is 4.79 Å². The van der Waals surface area contributed by atoms with Gasteiger partial charge in [0.15, 0.2) is 0 Å². The first kappa shape index (κ1) is 8.27. The Morgan fingerprint density at radius 2 is 2.22 bits per heavy atom. The molecule has 0 aromatic rings. The van der Waals surface area contributed by atoms with Crippen molar-refractivity contribution in [2.75, 3.05) is 0 Å². The highest BCUT2D eigenvalue weighted by Gasteiger charge is 2.09. The zero-order valence-electron chi connectivity index (χ0n) is 5.10. The van der Waals surface area contributed by atoms with E-state index in [9.17, 15) is 13.6 Å². The van der Waals surface area contributed by atoms with Gasteiger partial charge in [-0.2, -0.15) is 0 Å². The van der Waals surface area contributed by atoms with Gasteiger partial charge in [-0.05, 0) is 12.5 Å². The third kappa shape index (κ3) is 3.82. The van der Waals surface area contributed by atoms with Crippen LogP contribution in [0.5, 0.6) is 0 Å². The zero-order chi connectivity index (χ0) is 7.28. The molecule has 0 radical (unpaired) electrons. The number of carbonyl (C=O) groups is 1. The minimum Gasteiger partial charge on any atom is -0.288 e. The van der Waals surface area contributed by atoms with Crippen LogP contribution < -0.4 is 0 Å². The fourth-order valence-electron chi connectivity index (χ4n) is 0.307. The molecule has 3 heteroatoms. The van der Waals surface area contributed by atoms with E-state index in [-0.39, 0.29) is 0 Å². The highest BCUT2D eigenvalue weighted by Crippen LogP contribution is 1.95. The Labute approximate surface area is 52.4 Å². The van der Waals surface area contributed by atoms with Crippen molar-refractivity contribution in [3.05, 3.63) is 12.2 Å². The minimum absolute atomic E-state index is 0.610. The van der Waals surface area contributed by atoms with E-state index < -0.39 is 12.2 Å². The van der Waals surface area contributed by atoms with E-state index in [1.165, 1.54) is 6.08 Å². The highest BCUT2D eigenvalue weighted by molar-refractivity contribution is 5.92. The summed E-state index contributed by atoms with van der Waals surface area (Å²) in [5, 5.41) is 0. The van der Waals surface area contributed by atoms with Crippen LogP contribution in [0.2, 0.25) is 0 Å². The van der Waals surface area contributed by atoms with Gasteiger partial charge in [-0.25, -0.2) is 8.78 Å². The molecule has 0 saturated heterocycles. The molecule has 0 aliphatic rings. The number of halogens is 2. The lowest BCUT2D eigenvalue weighted by Gasteiger charge is -1.87. The fraction of sp³-hybridized carbons (Fsp3) is 0.500. The van der Waals surface area contributed by atoms with E-state index in [0.29, 0.717) is 6.42 Å². The maximum Gasteiger partial charge on any atom is 0.299 e. The van der Waals surface area contributed by atoms with Crippen LogP contribution in [-0.2, 0) is 4.79 Å². The number of ketones is 1. The molecule has 0 aliphatic carbocycles. The van der Waals surface area contributed by atoms with Crippen molar-refractivity contribution in [2.45, 2.75) is 19.8 Å². The first-order chi connectivity index (χ1) is 4.18. The smallest absolute Gasteiger partial charge is 0.288 e. The van der Waals surface area contributed by atoms with Crippen molar-refractivity contribution in [2.24, 2.45) is 0 Å². The predicted octanol–water partition coefficient (Wildman–Crippen LogP) is 1.79. The molecular formula is C6H8F2O. The van der Waals surface area contributed by atoms with Crippen LogP contribution in [-0.4, -0.2) is 12.2 Å². The van der Waals surface area contributed by atoms with Crippen LogP contribution in [0.4, 0.5) is 8.78 Å². The van der Waals surface area contributed by atoms with E-state index in [2.05, 4.69) is 0 Å². The monoisotopic (exact) mass is 134 g/mol. The molecule has 0 aliphatic heterocycles. The average Bonchev–Trinajstić information content (AvgIpc) is 1.82. The van der Waals surface area contributed by atoms with Gasteiger partial charge in [0.2, 0.25) is 5.78 Å². The van der Waals surface area contributed by atoms with Crippen LogP contribution in [0.3, 0.4) is 0 Å². The van der Waals surface area contributed by atoms with Crippen LogP contribution in [0.25, 0.3) is 0 Å². The summed E-state index contributed by atoms with van der Waals surface area (Å²) in [6, 6.07) is 0. The minimum atomic E-state index is -2.85. The van der Waals surface area contributed by atoms with Crippen LogP contribution >= 0.6 is 0 Å². The number of hydrogen-bond donors (Lipinski definition) is 0. The maximum atomic E-state index is 11.4. The Bertz CT molecular complexity index is 118. The molecule has 0 saturated carbocycles. The highest BCUT2D eigenvalue weighted by atomic mass is 19.3. The molecule has 0 atom stereocenters. The van der Waals surface area contributed by atoms with Crippen molar-refractivity contribution in [1.82, 2.24) is 0 Å². The van der Waals surface area contributed by atoms with Crippen LogP contribution in [0, 0.1) is 0 Å². The van der Waals surface area contributed by atoms with Crippen molar-refractivity contribution in [3.8, 4) is 0 Å². The molecule has 0 fully saturated rings. The normalized spacial score (nSPS) is 11.1. The summed E-state index contributed by atoms with van der Waals surface area (Å²) in [6.45, 7) is 1.77. The summed E-state index contributed by atoms with van der Waals surface area (Å²) in [6.07, 6.45) is 0.0743. The number of carbonyl (C=O) groups excluding carboxylic acids is 1. The molecule has 0 unspecified atom stereocenters. The van der Waals surface area contributed by atoms with Gasteiger partial charge in [-0.1, -0.05) is 13.0 Å². The quantitative estimate of drug-likeness (QED) is 0.538. The van der Waals surface area contributed by atoms with E-state index >= 15 is 0 Å². The van der Waals surface area contributed by atoms with Crippen molar-refractivity contribution in [1.29, 1.82) is 0 Å². The summed E-state index contributed by atoms with van der Waals surface area (Å²) in [7, 11) is 0. The van der Waals surface area contributed by atoms with Crippen LogP contribution in [0.15, 0.2) is 12.2 Å². The molecule has 0 rings (SSSR count). The molecule has 0 aromatic heterocycles. The Kier molecular flexibility index (Phi) is 3.84. The van der Waals surface area contributed by atoms with E-state index in [1.54, 1.807) is 6.92 Å². The standard InChI is InChI=1S/C6H8F2O/c1-2-3-4-5(9)6(7)8/h3-4,6H,2H2,1H3/b4-3+. The third-order valence-electron chi connectivity index (χ3n) is 0.733. The van der Waals surface area contributed by atoms with Crippen molar-refractivity contribution in [3.63, 3.8) is 0 Å². The molecule has 0 heterocycles. The Balaban J connectivity index is 3.63. The Hall–Kier alpha value is -0.730. The molecule has 0 amide bonds. The lowest BCUT2D eigenvalue weighted by Crippen LogP contribution is -2.04. The van der Waals surface area contributed by atoms with Gasteiger partial charge < -0.3 is 0 Å². The molecule has 0 spiro atoms. The SMILES string of the molecule is CC/C=C/C(=O)C(F)F. The lowest BCUT2D eigenvalue weighted by molar-refractivity contribution is -0.124. The molecule has 1 nitrogen and oxygen atoms in total. The van der Waals surface area contributed by atoms with E-state index in [4.69, 9.17) is 0 Å². The third-order valence-corrected chi connectivity index (χ3v) is 0.733. The summed E-state index contributed by atoms with van der Waals surface area (Å²) in [4.78, 5) is 10.1. The summed E-state index contributed by atoms with van der Waals surface area (Å²) < 4.78 is 22.7. The summed E-state index contributed by atoms with van der Waals surface area (Å²) in [5.41, 5.74) is 0. The zero-order valence-corrected chi connectivity index (χ0v) is 5.10. The first-order valence-electron chi connectivity index (χ1n) is 2.67. The van der Waals surface area contributed by atoms with Crippen LogP contribution in [0.1, 0.15) is 13.3 Å². The second-order valence-electron chi connectivity index (χ2n) is 1.51. The topological polar surface area (TPSA) is 17.1 Å². The first-order valence-corrected chi connectivity index (χ1v) is 2.67.